The van der Waals surface area contributed by atoms with E-state index in [0.29, 0.717) is 5.41 Å². The first-order chi connectivity index (χ1) is 10.7. The van der Waals surface area contributed by atoms with Gasteiger partial charge in [0.05, 0.1) is 22.1 Å². The smallest absolute Gasteiger partial charge is 0.0996 e. The summed E-state index contributed by atoms with van der Waals surface area (Å²) in [4.78, 5) is 9.68. The third kappa shape index (κ3) is 2.18. The minimum Gasteiger partial charge on any atom is -0.246 e. The van der Waals surface area contributed by atoms with Crippen molar-refractivity contribution >= 4 is 22.7 Å². The van der Waals surface area contributed by atoms with Gasteiger partial charge in [0.1, 0.15) is 0 Å². The summed E-state index contributed by atoms with van der Waals surface area (Å²) < 4.78 is 0. The summed E-state index contributed by atoms with van der Waals surface area (Å²) in [5.74, 6) is 2.99. The van der Waals surface area contributed by atoms with Crippen LogP contribution in [0.3, 0.4) is 0 Å². The molecule has 0 unspecified atom stereocenters. The summed E-state index contributed by atoms with van der Waals surface area (Å²) >= 11 is 3.63. The first kappa shape index (κ1) is 13.7. The normalized spacial score (nSPS) is 36.1. The number of thiazole rings is 2. The molecule has 0 aromatic carbocycles. The summed E-state index contributed by atoms with van der Waals surface area (Å²) in [7, 11) is 0. The van der Waals surface area contributed by atoms with E-state index in [9.17, 15) is 0 Å². The first-order valence-electron chi connectivity index (χ1n) is 8.54. The van der Waals surface area contributed by atoms with Crippen LogP contribution in [0.4, 0.5) is 0 Å². The average Bonchev–Trinajstić information content (AvgIpc) is 3.07. The van der Waals surface area contributed by atoms with Crippen LogP contribution in [0, 0.1) is 24.7 Å². The predicted molar refractivity (Wildman–Crippen MR) is 91.6 cm³/mol. The van der Waals surface area contributed by atoms with Gasteiger partial charge in [-0.2, -0.15) is 0 Å². The molecule has 4 saturated carbocycles. The third-order valence-electron chi connectivity index (χ3n) is 6.10. The monoisotopic (exact) mass is 330 g/mol. The number of hydrogen-bond donors (Lipinski definition) is 0. The molecule has 4 fully saturated rings. The molecule has 6 rings (SSSR count). The van der Waals surface area contributed by atoms with Crippen molar-refractivity contribution in [2.75, 3.05) is 0 Å². The zero-order valence-electron chi connectivity index (χ0n) is 13.0. The van der Waals surface area contributed by atoms with Crippen LogP contribution in [0.15, 0.2) is 10.8 Å². The Kier molecular flexibility index (Phi) is 3.03. The molecule has 2 aromatic heterocycles. The fraction of sp³-hybridized carbons (Fsp3) is 0.667. The molecule has 2 nitrogen and oxygen atoms in total. The topological polar surface area (TPSA) is 25.8 Å². The van der Waals surface area contributed by atoms with Gasteiger partial charge in [0.15, 0.2) is 0 Å². The molecule has 0 aliphatic heterocycles. The minimum absolute atomic E-state index is 0.447. The highest BCUT2D eigenvalue weighted by Gasteiger charge is 2.52. The van der Waals surface area contributed by atoms with Crippen molar-refractivity contribution < 1.29 is 0 Å². The van der Waals surface area contributed by atoms with Crippen molar-refractivity contribution in [2.45, 2.75) is 57.3 Å². The molecule has 4 heteroatoms. The highest BCUT2D eigenvalue weighted by Crippen LogP contribution is 2.60. The summed E-state index contributed by atoms with van der Waals surface area (Å²) in [6.07, 6.45) is 9.70. The second-order valence-electron chi connectivity index (χ2n) is 7.88. The number of aryl methyl sites for hydroxylation is 1. The molecular formula is C18H22N2S2. The van der Waals surface area contributed by atoms with Crippen molar-refractivity contribution in [3.63, 3.8) is 0 Å². The van der Waals surface area contributed by atoms with Gasteiger partial charge in [-0.3, -0.25) is 0 Å². The van der Waals surface area contributed by atoms with Crippen molar-refractivity contribution in [1.82, 2.24) is 9.97 Å². The Morgan fingerprint density at radius 2 is 1.55 bits per heavy atom. The lowest BCUT2D eigenvalue weighted by Gasteiger charge is -2.56. The van der Waals surface area contributed by atoms with Gasteiger partial charge in [0, 0.05) is 21.9 Å². The van der Waals surface area contributed by atoms with Crippen molar-refractivity contribution in [1.29, 1.82) is 0 Å². The molecule has 0 saturated heterocycles. The highest BCUT2D eigenvalue weighted by molar-refractivity contribution is 7.11. The molecule has 2 aromatic rings. The maximum Gasteiger partial charge on any atom is 0.0996 e. The molecule has 22 heavy (non-hydrogen) atoms. The van der Waals surface area contributed by atoms with Crippen molar-refractivity contribution in [3.8, 4) is 0 Å². The number of aromatic nitrogens is 2. The molecule has 0 N–H and O–H groups in total. The Labute approximate surface area is 140 Å². The van der Waals surface area contributed by atoms with Crippen LogP contribution >= 0.6 is 22.7 Å². The van der Waals surface area contributed by atoms with Crippen LogP contribution in [0.5, 0.6) is 0 Å². The van der Waals surface area contributed by atoms with Crippen LogP contribution in [-0.4, -0.2) is 9.97 Å². The SMILES string of the molecule is Cc1csc(Cc2nc(C34CC5CC(CC(C5)C3)C4)cs2)n1. The Hall–Kier alpha value is -0.740. The molecule has 0 radical (unpaired) electrons. The number of hydrogen-bond acceptors (Lipinski definition) is 4. The second kappa shape index (κ2) is 4.88. The standard InChI is InChI=1S/C18H22N2S2/c1-11-9-21-16(19-11)5-17-20-15(10-22-17)18-6-12-2-13(7-18)4-14(3-12)8-18/h9-10,12-14H,2-8H2,1H3. The van der Waals surface area contributed by atoms with Gasteiger partial charge in [-0.25, -0.2) is 9.97 Å². The van der Waals surface area contributed by atoms with E-state index in [0.717, 1.165) is 29.9 Å². The summed E-state index contributed by atoms with van der Waals surface area (Å²) in [6.45, 7) is 2.07. The zero-order valence-corrected chi connectivity index (χ0v) is 14.7. The van der Waals surface area contributed by atoms with E-state index in [1.165, 1.54) is 54.2 Å². The van der Waals surface area contributed by atoms with E-state index in [2.05, 4.69) is 22.7 Å². The van der Waals surface area contributed by atoms with Crippen LogP contribution < -0.4 is 0 Å². The zero-order chi connectivity index (χ0) is 14.7. The summed E-state index contributed by atoms with van der Waals surface area (Å²) in [6, 6.07) is 0. The van der Waals surface area contributed by atoms with Gasteiger partial charge < -0.3 is 0 Å². The van der Waals surface area contributed by atoms with Crippen LogP contribution in [-0.2, 0) is 11.8 Å². The van der Waals surface area contributed by atoms with E-state index < -0.39 is 0 Å². The molecule has 0 spiro atoms. The predicted octanol–water partition coefficient (Wildman–Crippen LogP) is 4.97. The number of rotatable bonds is 3. The molecule has 4 aliphatic rings. The second-order valence-corrected chi connectivity index (χ2v) is 9.77. The van der Waals surface area contributed by atoms with Gasteiger partial charge in [-0.1, -0.05) is 0 Å². The Bertz CT molecular complexity index is 664. The summed E-state index contributed by atoms with van der Waals surface area (Å²) in [5, 5.41) is 7.00. The fourth-order valence-corrected chi connectivity index (χ4v) is 7.46. The molecular weight excluding hydrogens is 308 g/mol. The average molecular weight is 331 g/mol. The van der Waals surface area contributed by atoms with Crippen LogP contribution in [0.25, 0.3) is 0 Å². The van der Waals surface area contributed by atoms with Gasteiger partial charge in [-0.05, 0) is 63.2 Å². The molecule has 4 aliphatic carbocycles. The van der Waals surface area contributed by atoms with Crippen molar-refractivity contribution in [3.05, 3.63) is 32.2 Å². The Morgan fingerprint density at radius 3 is 2.14 bits per heavy atom. The third-order valence-corrected chi connectivity index (χ3v) is 7.92. The van der Waals surface area contributed by atoms with E-state index in [1.807, 2.05) is 11.3 Å². The van der Waals surface area contributed by atoms with Crippen molar-refractivity contribution in [2.24, 2.45) is 17.8 Å². The lowest BCUT2D eigenvalue weighted by molar-refractivity contribution is -0.00697. The van der Waals surface area contributed by atoms with Crippen LogP contribution in [0.2, 0.25) is 0 Å². The Balaban J connectivity index is 1.42. The maximum atomic E-state index is 5.09. The Morgan fingerprint density at radius 1 is 0.955 bits per heavy atom. The van der Waals surface area contributed by atoms with E-state index in [4.69, 9.17) is 4.98 Å². The maximum absolute atomic E-state index is 5.09. The van der Waals surface area contributed by atoms with E-state index in [-0.39, 0.29) is 0 Å². The largest absolute Gasteiger partial charge is 0.246 e. The van der Waals surface area contributed by atoms with Gasteiger partial charge >= 0.3 is 0 Å². The van der Waals surface area contributed by atoms with E-state index in [1.54, 1.807) is 11.3 Å². The lowest BCUT2D eigenvalue weighted by atomic mass is 9.49. The summed E-state index contributed by atoms with van der Waals surface area (Å²) in [5.41, 5.74) is 3.01. The molecule has 4 bridgehead atoms. The fourth-order valence-electron chi connectivity index (χ4n) is 5.67. The van der Waals surface area contributed by atoms with Gasteiger partial charge in [-0.15, -0.1) is 22.7 Å². The number of nitrogens with zero attached hydrogens (tertiary/aromatic N) is 2. The lowest BCUT2D eigenvalue weighted by Crippen LogP contribution is -2.48. The van der Waals surface area contributed by atoms with E-state index >= 15 is 0 Å². The molecule has 116 valence electrons. The quantitative estimate of drug-likeness (QED) is 0.794. The highest BCUT2D eigenvalue weighted by atomic mass is 32.1. The molecule has 0 amide bonds. The molecule has 2 heterocycles. The minimum atomic E-state index is 0.447. The molecule has 0 atom stereocenters. The van der Waals surface area contributed by atoms with Gasteiger partial charge in [0.2, 0.25) is 0 Å². The first-order valence-corrected chi connectivity index (χ1v) is 10.3. The van der Waals surface area contributed by atoms with Gasteiger partial charge in [0.25, 0.3) is 0 Å². The van der Waals surface area contributed by atoms with Crippen LogP contribution in [0.1, 0.15) is 59.9 Å².